The van der Waals surface area contributed by atoms with E-state index in [1.54, 1.807) is 32.0 Å². The summed E-state index contributed by atoms with van der Waals surface area (Å²) >= 11 is 5.98. The molecule has 0 fully saturated rings. The predicted molar refractivity (Wildman–Crippen MR) is 76.5 cm³/mol. The molecule has 1 aromatic carbocycles. The van der Waals surface area contributed by atoms with Crippen LogP contribution in [-0.2, 0) is 11.3 Å². The van der Waals surface area contributed by atoms with E-state index in [4.69, 9.17) is 16.7 Å². The van der Waals surface area contributed by atoms with E-state index >= 15 is 0 Å². The Morgan fingerprint density at radius 2 is 2.10 bits per heavy atom. The van der Waals surface area contributed by atoms with Gasteiger partial charge in [-0.05, 0) is 31.5 Å². The highest BCUT2D eigenvalue weighted by atomic mass is 35.5. The Kier molecular flexibility index (Phi) is 4.23. The molecule has 21 heavy (non-hydrogen) atoms. The summed E-state index contributed by atoms with van der Waals surface area (Å²) in [6.07, 6.45) is 0. The van der Waals surface area contributed by atoms with Crippen molar-refractivity contribution in [2.75, 3.05) is 5.32 Å². The molecule has 1 amide bonds. The first-order valence-corrected chi connectivity index (χ1v) is 6.46. The lowest BCUT2D eigenvalue weighted by Crippen LogP contribution is -2.21. The molecule has 0 aliphatic carbocycles. The minimum atomic E-state index is -1.18. The van der Waals surface area contributed by atoms with Gasteiger partial charge >= 0.3 is 5.97 Å². The van der Waals surface area contributed by atoms with E-state index in [0.717, 1.165) is 5.56 Å². The molecular formula is C13H13ClN4O3. The maximum atomic E-state index is 12.0. The smallest absolute Gasteiger partial charge is 0.358 e. The van der Waals surface area contributed by atoms with Crippen LogP contribution in [0.2, 0.25) is 5.02 Å². The molecule has 0 saturated carbocycles. The van der Waals surface area contributed by atoms with Crippen molar-refractivity contribution >= 4 is 29.2 Å². The van der Waals surface area contributed by atoms with Crippen LogP contribution in [0.5, 0.6) is 0 Å². The van der Waals surface area contributed by atoms with Gasteiger partial charge in [-0.1, -0.05) is 22.9 Å². The van der Waals surface area contributed by atoms with Crippen LogP contribution in [0.3, 0.4) is 0 Å². The highest BCUT2D eigenvalue weighted by molar-refractivity contribution is 6.31. The second kappa shape index (κ2) is 5.92. The number of rotatable bonds is 4. The van der Waals surface area contributed by atoms with Crippen LogP contribution in [-0.4, -0.2) is 32.0 Å². The average Bonchev–Trinajstić information content (AvgIpc) is 2.77. The van der Waals surface area contributed by atoms with Crippen LogP contribution in [0.25, 0.3) is 0 Å². The Morgan fingerprint density at radius 3 is 2.71 bits per heavy atom. The Morgan fingerprint density at radius 1 is 1.38 bits per heavy atom. The summed E-state index contributed by atoms with van der Waals surface area (Å²) in [5.74, 6) is -1.52. The van der Waals surface area contributed by atoms with Crippen molar-refractivity contribution in [1.82, 2.24) is 15.0 Å². The molecule has 0 aliphatic rings. The van der Waals surface area contributed by atoms with Crippen LogP contribution in [0.4, 0.5) is 5.69 Å². The van der Waals surface area contributed by atoms with Gasteiger partial charge in [0.1, 0.15) is 6.54 Å². The molecule has 0 unspecified atom stereocenters. The minimum Gasteiger partial charge on any atom is -0.476 e. The van der Waals surface area contributed by atoms with Gasteiger partial charge in [0, 0.05) is 10.7 Å². The molecule has 2 N–H and O–H groups in total. The Balaban J connectivity index is 2.12. The fraction of sp³-hybridized carbons (Fsp3) is 0.231. The molecule has 1 heterocycles. The van der Waals surface area contributed by atoms with Crippen molar-refractivity contribution in [3.8, 4) is 0 Å². The van der Waals surface area contributed by atoms with E-state index in [0.29, 0.717) is 16.4 Å². The van der Waals surface area contributed by atoms with Gasteiger partial charge in [0.25, 0.3) is 0 Å². The molecule has 0 aliphatic heterocycles. The number of nitrogens with zero attached hydrogens (tertiary/aromatic N) is 3. The summed E-state index contributed by atoms with van der Waals surface area (Å²) in [4.78, 5) is 22.8. The van der Waals surface area contributed by atoms with Crippen LogP contribution < -0.4 is 5.32 Å². The van der Waals surface area contributed by atoms with Crippen LogP contribution in [0.15, 0.2) is 18.2 Å². The quantitative estimate of drug-likeness (QED) is 0.899. The Labute approximate surface area is 125 Å². The van der Waals surface area contributed by atoms with Gasteiger partial charge in [-0.3, -0.25) is 4.79 Å². The largest absolute Gasteiger partial charge is 0.476 e. The van der Waals surface area contributed by atoms with Crippen LogP contribution in [0, 0.1) is 13.8 Å². The minimum absolute atomic E-state index is 0.127. The number of benzene rings is 1. The maximum Gasteiger partial charge on any atom is 0.358 e. The Hall–Kier alpha value is -2.41. The third kappa shape index (κ3) is 3.19. The molecule has 1 aromatic heterocycles. The van der Waals surface area contributed by atoms with E-state index in [1.165, 1.54) is 4.68 Å². The predicted octanol–water partition coefficient (Wildman–Crippen LogP) is 1.89. The van der Waals surface area contributed by atoms with Crippen molar-refractivity contribution in [2.24, 2.45) is 0 Å². The fourth-order valence-electron chi connectivity index (χ4n) is 1.78. The second-order valence-electron chi connectivity index (χ2n) is 4.45. The molecule has 0 saturated heterocycles. The molecule has 2 rings (SSSR count). The first-order chi connectivity index (χ1) is 9.90. The first kappa shape index (κ1) is 15.0. The summed E-state index contributed by atoms with van der Waals surface area (Å²) in [6, 6.07) is 5.19. The third-order valence-electron chi connectivity index (χ3n) is 3.02. The number of carboxylic acids is 1. The van der Waals surface area contributed by atoms with E-state index in [-0.39, 0.29) is 18.1 Å². The molecule has 7 nitrogen and oxygen atoms in total. The second-order valence-corrected chi connectivity index (χ2v) is 4.85. The number of hydrogen-bond acceptors (Lipinski definition) is 4. The molecule has 0 spiro atoms. The molecule has 2 aromatic rings. The number of carboxylic acid groups (broad SMARTS) is 1. The van der Waals surface area contributed by atoms with Crippen molar-refractivity contribution < 1.29 is 14.7 Å². The van der Waals surface area contributed by atoms with Gasteiger partial charge in [0.15, 0.2) is 5.69 Å². The topological polar surface area (TPSA) is 97.1 Å². The lowest BCUT2D eigenvalue weighted by Gasteiger charge is -2.09. The highest BCUT2D eigenvalue weighted by Crippen LogP contribution is 2.22. The number of nitrogens with one attached hydrogen (secondary N) is 1. The first-order valence-electron chi connectivity index (χ1n) is 6.08. The number of aromatic nitrogens is 3. The number of hydrogen-bond donors (Lipinski definition) is 2. The van der Waals surface area contributed by atoms with Gasteiger partial charge in [0.2, 0.25) is 5.91 Å². The summed E-state index contributed by atoms with van der Waals surface area (Å²) in [7, 11) is 0. The van der Waals surface area contributed by atoms with Gasteiger partial charge in [-0.15, -0.1) is 5.10 Å². The monoisotopic (exact) mass is 308 g/mol. The van der Waals surface area contributed by atoms with Crippen LogP contribution in [0.1, 0.15) is 21.7 Å². The molecular weight excluding hydrogens is 296 g/mol. The maximum absolute atomic E-state index is 12.0. The summed E-state index contributed by atoms with van der Waals surface area (Å²) in [6.45, 7) is 3.21. The number of carbonyl (C=O) groups is 2. The standard InChI is InChI=1S/C13H13ClN4O3/c1-7-9(14)4-3-5-10(7)15-11(19)6-18-8(2)12(13(20)21)16-17-18/h3-5H,6H2,1-2H3,(H,15,19)(H,20,21). The lowest BCUT2D eigenvalue weighted by atomic mass is 10.2. The highest BCUT2D eigenvalue weighted by Gasteiger charge is 2.17. The molecule has 0 atom stereocenters. The van der Waals surface area contributed by atoms with E-state index in [9.17, 15) is 9.59 Å². The normalized spacial score (nSPS) is 10.4. The van der Waals surface area contributed by atoms with Crippen molar-refractivity contribution in [3.05, 3.63) is 40.2 Å². The average molecular weight is 309 g/mol. The van der Waals surface area contributed by atoms with Gasteiger partial charge in [0.05, 0.1) is 5.69 Å². The zero-order chi connectivity index (χ0) is 15.6. The number of carbonyl (C=O) groups excluding carboxylic acids is 1. The zero-order valence-electron chi connectivity index (χ0n) is 11.4. The van der Waals surface area contributed by atoms with Crippen molar-refractivity contribution in [3.63, 3.8) is 0 Å². The van der Waals surface area contributed by atoms with Crippen molar-refractivity contribution in [1.29, 1.82) is 0 Å². The number of amides is 1. The molecule has 110 valence electrons. The van der Waals surface area contributed by atoms with E-state index < -0.39 is 5.97 Å². The van der Waals surface area contributed by atoms with Gasteiger partial charge in [-0.2, -0.15) is 0 Å². The molecule has 8 heteroatoms. The van der Waals surface area contributed by atoms with E-state index in [1.807, 2.05) is 0 Å². The fourth-order valence-corrected chi connectivity index (χ4v) is 1.95. The van der Waals surface area contributed by atoms with E-state index in [2.05, 4.69) is 15.6 Å². The molecule has 0 bridgehead atoms. The van der Waals surface area contributed by atoms with Crippen LogP contribution >= 0.6 is 11.6 Å². The lowest BCUT2D eigenvalue weighted by molar-refractivity contribution is -0.117. The number of halogens is 1. The zero-order valence-corrected chi connectivity index (χ0v) is 12.2. The molecule has 0 radical (unpaired) electrons. The summed E-state index contributed by atoms with van der Waals surface area (Å²) in [5.41, 5.74) is 1.51. The summed E-state index contributed by atoms with van der Waals surface area (Å²) in [5, 5.41) is 19.3. The number of anilines is 1. The van der Waals surface area contributed by atoms with Crippen molar-refractivity contribution in [2.45, 2.75) is 20.4 Å². The summed E-state index contributed by atoms with van der Waals surface area (Å²) < 4.78 is 1.23. The van der Waals surface area contributed by atoms with Gasteiger partial charge in [-0.25, -0.2) is 9.48 Å². The van der Waals surface area contributed by atoms with Gasteiger partial charge < -0.3 is 10.4 Å². The Bertz CT molecular complexity index is 711. The third-order valence-corrected chi connectivity index (χ3v) is 3.43. The number of aromatic carboxylic acids is 1. The SMILES string of the molecule is Cc1c(Cl)cccc1NC(=O)Cn1nnc(C(=O)O)c1C.